The second-order valence-electron chi connectivity index (χ2n) is 4.78. The van der Waals surface area contributed by atoms with E-state index in [9.17, 15) is 4.39 Å². The Hall–Kier alpha value is -1.87. The second kappa shape index (κ2) is 7.06. The van der Waals surface area contributed by atoms with Crippen LogP contribution in [-0.2, 0) is 13.2 Å². The smallest absolute Gasteiger partial charge is 0.165 e. The minimum absolute atomic E-state index is 0.312. The van der Waals surface area contributed by atoms with Gasteiger partial charge in [0.2, 0.25) is 0 Å². The molecule has 0 atom stereocenters. The molecule has 0 fully saturated rings. The van der Waals surface area contributed by atoms with Crippen LogP contribution in [0.4, 0.5) is 4.39 Å². The molecule has 0 saturated carbocycles. The normalized spacial score (nSPS) is 10.6. The van der Waals surface area contributed by atoms with E-state index in [1.54, 1.807) is 6.07 Å². The van der Waals surface area contributed by atoms with E-state index in [1.807, 2.05) is 44.2 Å². The highest BCUT2D eigenvalue weighted by Crippen LogP contribution is 2.23. The first-order valence-electron chi connectivity index (χ1n) is 6.87. The molecule has 2 aromatic rings. The molecule has 0 saturated heterocycles. The molecule has 106 valence electrons. The van der Waals surface area contributed by atoms with E-state index in [0.717, 1.165) is 17.7 Å². The summed E-state index contributed by atoms with van der Waals surface area (Å²) in [5.74, 6) is 0.0292. The van der Waals surface area contributed by atoms with Gasteiger partial charge in [-0.3, -0.25) is 0 Å². The molecule has 0 heterocycles. The Morgan fingerprint density at radius 3 is 2.55 bits per heavy atom. The van der Waals surface area contributed by atoms with Gasteiger partial charge in [-0.15, -0.1) is 0 Å². The molecule has 0 aliphatic rings. The van der Waals surface area contributed by atoms with E-state index >= 15 is 0 Å². The number of para-hydroxylation sites is 1. The van der Waals surface area contributed by atoms with Crippen LogP contribution in [0.1, 0.15) is 23.6 Å². The summed E-state index contributed by atoms with van der Waals surface area (Å²) < 4.78 is 19.6. The topological polar surface area (TPSA) is 21.3 Å². The van der Waals surface area contributed by atoms with E-state index in [-0.39, 0.29) is 5.82 Å². The Labute approximate surface area is 119 Å². The highest BCUT2D eigenvalue weighted by atomic mass is 19.1. The molecular weight excluding hydrogens is 253 g/mol. The molecule has 2 aromatic carbocycles. The fourth-order valence-electron chi connectivity index (χ4n) is 1.95. The number of hydrogen-bond acceptors (Lipinski definition) is 2. The van der Waals surface area contributed by atoms with E-state index in [2.05, 4.69) is 5.32 Å². The van der Waals surface area contributed by atoms with Crippen LogP contribution in [0.5, 0.6) is 5.75 Å². The van der Waals surface area contributed by atoms with E-state index in [0.29, 0.717) is 18.9 Å². The Balaban J connectivity index is 2.09. The Bertz CT molecular complexity index is 551. The Morgan fingerprint density at radius 1 is 1.10 bits per heavy atom. The minimum Gasteiger partial charge on any atom is -0.485 e. The highest BCUT2D eigenvalue weighted by Gasteiger charge is 2.09. The molecular formula is C17H20FNO. The Morgan fingerprint density at radius 2 is 1.85 bits per heavy atom. The lowest BCUT2D eigenvalue weighted by Gasteiger charge is -2.13. The van der Waals surface area contributed by atoms with E-state index < -0.39 is 0 Å². The van der Waals surface area contributed by atoms with Crippen molar-refractivity contribution in [3.8, 4) is 5.75 Å². The predicted octanol–water partition coefficient (Wildman–Crippen LogP) is 3.82. The fourth-order valence-corrected chi connectivity index (χ4v) is 1.95. The molecule has 0 aliphatic heterocycles. The number of ether oxygens (including phenoxy) is 1. The average Bonchev–Trinajstić information content (AvgIpc) is 2.46. The lowest BCUT2D eigenvalue weighted by molar-refractivity contribution is 0.286. The van der Waals surface area contributed by atoms with Crippen molar-refractivity contribution in [1.29, 1.82) is 0 Å². The summed E-state index contributed by atoms with van der Waals surface area (Å²) in [4.78, 5) is 0. The summed E-state index contributed by atoms with van der Waals surface area (Å²) >= 11 is 0. The number of rotatable bonds is 6. The number of benzene rings is 2. The first kappa shape index (κ1) is 14.5. The molecule has 0 unspecified atom stereocenters. The summed E-state index contributed by atoms with van der Waals surface area (Å²) in [5.41, 5.74) is 3.08. The van der Waals surface area contributed by atoms with Gasteiger partial charge in [0, 0.05) is 12.1 Å². The summed E-state index contributed by atoms with van der Waals surface area (Å²) in [6.45, 7) is 5.88. The van der Waals surface area contributed by atoms with Gasteiger partial charge >= 0.3 is 0 Å². The van der Waals surface area contributed by atoms with Crippen molar-refractivity contribution in [2.45, 2.75) is 27.0 Å². The lowest BCUT2D eigenvalue weighted by Crippen LogP contribution is -2.13. The van der Waals surface area contributed by atoms with Crippen molar-refractivity contribution in [3.63, 3.8) is 0 Å². The molecule has 3 heteroatoms. The van der Waals surface area contributed by atoms with E-state index in [1.165, 1.54) is 11.6 Å². The number of hydrogen-bond donors (Lipinski definition) is 1. The van der Waals surface area contributed by atoms with Gasteiger partial charge in [0.25, 0.3) is 0 Å². The standard InChI is InChI=1S/C17H20FNO/c1-3-19-11-15-5-4-6-16(18)17(15)20-12-14-9-7-13(2)8-10-14/h4-10,19H,3,11-12H2,1-2H3. The zero-order valence-electron chi connectivity index (χ0n) is 11.9. The van der Waals surface area contributed by atoms with Gasteiger partial charge < -0.3 is 10.1 Å². The molecule has 0 aromatic heterocycles. The summed E-state index contributed by atoms with van der Waals surface area (Å²) in [5, 5.41) is 3.19. The van der Waals surface area contributed by atoms with Crippen molar-refractivity contribution in [2.75, 3.05) is 6.54 Å². The van der Waals surface area contributed by atoms with Crippen molar-refractivity contribution >= 4 is 0 Å². The zero-order valence-corrected chi connectivity index (χ0v) is 11.9. The minimum atomic E-state index is -0.312. The van der Waals surface area contributed by atoms with Gasteiger partial charge in [0.1, 0.15) is 6.61 Å². The molecule has 2 rings (SSSR count). The van der Waals surface area contributed by atoms with Crippen LogP contribution in [0, 0.1) is 12.7 Å². The molecule has 0 amide bonds. The first-order chi connectivity index (χ1) is 9.70. The maximum atomic E-state index is 13.9. The molecule has 20 heavy (non-hydrogen) atoms. The molecule has 0 bridgehead atoms. The number of nitrogens with one attached hydrogen (secondary N) is 1. The van der Waals surface area contributed by atoms with Gasteiger partial charge in [0.15, 0.2) is 11.6 Å². The monoisotopic (exact) mass is 273 g/mol. The maximum absolute atomic E-state index is 13.9. The van der Waals surface area contributed by atoms with E-state index in [4.69, 9.17) is 4.74 Å². The predicted molar refractivity (Wildman–Crippen MR) is 79.3 cm³/mol. The van der Waals surface area contributed by atoms with Crippen LogP contribution in [0.25, 0.3) is 0 Å². The van der Waals surface area contributed by atoms with Gasteiger partial charge in [-0.05, 0) is 25.1 Å². The highest BCUT2D eigenvalue weighted by molar-refractivity contribution is 5.35. The quantitative estimate of drug-likeness (QED) is 0.864. The fraction of sp³-hybridized carbons (Fsp3) is 0.294. The zero-order chi connectivity index (χ0) is 14.4. The van der Waals surface area contributed by atoms with Gasteiger partial charge in [-0.2, -0.15) is 0 Å². The summed E-state index contributed by atoms with van der Waals surface area (Å²) in [6.07, 6.45) is 0. The SMILES string of the molecule is CCNCc1cccc(F)c1OCc1ccc(C)cc1. The summed E-state index contributed by atoms with van der Waals surface area (Å²) in [6, 6.07) is 13.1. The molecule has 0 aliphatic carbocycles. The molecule has 1 N–H and O–H groups in total. The number of aryl methyl sites for hydroxylation is 1. The Kier molecular flexibility index (Phi) is 5.13. The third-order valence-corrected chi connectivity index (χ3v) is 3.12. The van der Waals surface area contributed by atoms with Crippen LogP contribution in [0.2, 0.25) is 0 Å². The first-order valence-corrected chi connectivity index (χ1v) is 6.87. The third-order valence-electron chi connectivity index (χ3n) is 3.12. The van der Waals surface area contributed by atoms with Crippen molar-refractivity contribution in [1.82, 2.24) is 5.32 Å². The molecule has 2 nitrogen and oxygen atoms in total. The molecule has 0 radical (unpaired) electrons. The average molecular weight is 273 g/mol. The van der Waals surface area contributed by atoms with Crippen molar-refractivity contribution < 1.29 is 9.13 Å². The van der Waals surface area contributed by atoms with Crippen molar-refractivity contribution in [2.24, 2.45) is 0 Å². The third kappa shape index (κ3) is 3.81. The second-order valence-corrected chi connectivity index (χ2v) is 4.78. The van der Waals surface area contributed by atoms with Crippen LogP contribution < -0.4 is 10.1 Å². The van der Waals surface area contributed by atoms with Crippen LogP contribution >= 0.6 is 0 Å². The van der Waals surface area contributed by atoms with Crippen LogP contribution in [-0.4, -0.2) is 6.54 Å². The number of halogens is 1. The lowest BCUT2D eigenvalue weighted by atomic mass is 10.1. The van der Waals surface area contributed by atoms with Crippen LogP contribution in [0.15, 0.2) is 42.5 Å². The van der Waals surface area contributed by atoms with Gasteiger partial charge in [-0.1, -0.05) is 48.9 Å². The maximum Gasteiger partial charge on any atom is 0.165 e. The summed E-state index contributed by atoms with van der Waals surface area (Å²) in [7, 11) is 0. The van der Waals surface area contributed by atoms with Gasteiger partial charge in [-0.25, -0.2) is 4.39 Å². The van der Waals surface area contributed by atoms with Gasteiger partial charge in [0.05, 0.1) is 0 Å². The van der Waals surface area contributed by atoms with Crippen LogP contribution in [0.3, 0.4) is 0 Å². The molecule has 0 spiro atoms. The largest absolute Gasteiger partial charge is 0.485 e. The van der Waals surface area contributed by atoms with Crippen molar-refractivity contribution in [3.05, 3.63) is 65.0 Å².